The lowest BCUT2D eigenvalue weighted by Crippen LogP contribution is -2.31. The van der Waals surface area contributed by atoms with E-state index >= 15 is 0 Å². The predicted molar refractivity (Wildman–Crippen MR) is 102 cm³/mol. The summed E-state index contributed by atoms with van der Waals surface area (Å²) >= 11 is 0. The molecule has 2 aromatic rings. The Labute approximate surface area is 158 Å². The van der Waals surface area contributed by atoms with Crippen LogP contribution in [0.4, 0.5) is 5.69 Å². The molecule has 1 heterocycles. The highest BCUT2D eigenvalue weighted by atomic mass is 32.2. The molecule has 1 fully saturated rings. The lowest BCUT2D eigenvalue weighted by atomic mass is 10.2. The number of sulfonamides is 1. The first kappa shape index (κ1) is 19.2. The molecule has 1 aliphatic heterocycles. The van der Waals surface area contributed by atoms with Gasteiger partial charge in [0.05, 0.1) is 10.6 Å². The van der Waals surface area contributed by atoms with Gasteiger partial charge in [-0.2, -0.15) is 4.31 Å². The first-order valence-electron chi connectivity index (χ1n) is 8.78. The van der Waals surface area contributed by atoms with Gasteiger partial charge in [0.25, 0.3) is 0 Å². The van der Waals surface area contributed by atoms with Gasteiger partial charge in [-0.15, -0.1) is 0 Å². The van der Waals surface area contributed by atoms with E-state index in [1.807, 2.05) is 0 Å². The van der Waals surface area contributed by atoms with Crippen molar-refractivity contribution in [2.75, 3.05) is 13.1 Å². The molecule has 7 nitrogen and oxygen atoms in total. The molecule has 0 aliphatic carbocycles. The number of hydrogen-bond donors (Lipinski definition) is 3. The summed E-state index contributed by atoms with van der Waals surface area (Å²) in [6, 6.07) is 8.92. The van der Waals surface area contributed by atoms with Gasteiger partial charge in [0, 0.05) is 24.9 Å². The lowest BCUT2D eigenvalue weighted by Gasteiger charge is -2.20. The quantitative estimate of drug-likeness (QED) is 0.549. The van der Waals surface area contributed by atoms with Gasteiger partial charge >= 0.3 is 0 Å². The van der Waals surface area contributed by atoms with E-state index in [1.165, 1.54) is 28.7 Å². The van der Waals surface area contributed by atoms with Crippen LogP contribution >= 0.6 is 0 Å². The summed E-state index contributed by atoms with van der Waals surface area (Å²) in [4.78, 5) is 4.36. The molecule has 0 amide bonds. The molecule has 3 N–H and O–H groups in total. The van der Waals surface area contributed by atoms with Gasteiger partial charge in [-0.1, -0.05) is 18.9 Å². The topological polar surface area (TPSA) is 110 Å². The summed E-state index contributed by atoms with van der Waals surface area (Å²) in [6.07, 6.45) is 5.10. The van der Waals surface area contributed by atoms with E-state index < -0.39 is 27.3 Å². The number of phenolic OH excluding ortho intramolecular Hbond substituents is 3. The third-order valence-corrected chi connectivity index (χ3v) is 6.43. The van der Waals surface area contributed by atoms with Gasteiger partial charge in [0.15, 0.2) is 11.5 Å². The highest BCUT2D eigenvalue weighted by Crippen LogP contribution is 2.36. The maximum Gasteiger partial charge on any atom is 0.243 e. The molecule has 0 unspecified atom stereocenters. The molecule has 8 heteroatoms. The number of benzene rings is 2. The largest absolute Gasteiger partial charge is 0.504 e. The number of rotatable bonds is 4. The minimum atomic E-state index is -3.57. The minimum Gasteiger partial charge on any atom is -0.504 e. The zero-order chi connectivity index (χ0) is 19.4. The third-order valence-electron chi connectivity index (χ3n) is 4.53. The summed E-state index contributed by atoms with van der Waals surface area (Å²) in [5.74, 6) is -1.56. The Bertz CT molecular complexity index is 949. The molecule has 0 radical (unpaired) electrons. The van der Waals surface area contributed by atoms with Crippen molar-refractivity contribution in [1.29, 1.82) is 0 Å². The summed E-state index contributed by atoms with van der Waals surface area (Å²) in [6.45, 7) is 1.05. The van der Waals surface area contributed by atoms with Gasteiger partial charge < -0.3 is 15.3 Å². The van der Waals surface area contributed by atoms with Crippen molar-refractivity contribution in [2.45, 2.75) is 30.6 Å². The smallest absolute Gasteiger partial charge is 0.243 e. The van der Waals surface area contributed by atoms with Crippen molar-refractivity contribution >= 4 is 21.9 Å². The monoisotopic (exact) mass is 390 g/mol. The van der Waals surface area contributed by atoms with E-state index in [0.29, 0.717) is 18.8 Å². The Balaban J connectivity index is 1.86. The molecule has 27 heavy (non-hydrogen) atoms. The summed E-state index contributed by atoms with van der Waals surface area (Å²) in [7, 11) is -3.57. The fourth-order valence-corrected chi connectivity index (χ4v) is 4.55. The Morgan fingerprint density at radius 3 is 2.33 bits per heavy atom. The van der Waals surface area contributed by atoms with Gasteiger partial charge in [-0.25, -0.2) is 8.42 Å². The van der Waals surface area contributed by atoms with E-state index in [0.717, 1.165) is 25.7 Å². The molecule has 0 bridgehead atoms. The fraction of sp³-hybridized carbons (Fsp3) is 0.316. The Hall–Kier alpha value is -2.58. The van der Waals surface area contributed by atoms with Crippen molar-refractivity contribution in [3.63, 3.8) is 0 Å². The highest BCUT2D eigenvalue weighted by Gasteiger charge is 2.25. The normalized spacial score (nSPS) is 16.4. The first-order valence-corrected chi connectivity index (χ1v) is 10.2. The zero-order valence-corrected chi connectivity index (χ0v) is 15.6. The molecular weight excluding hydrogens is 368 g/mol. The highest BCUT2D eigenvalue weighted by molar-refractivity contribution is 7.89. The molecule has 0 atom stereocenters. The van der Waals surface area contributed by atoms with Crippen LogP contribution in [0.3, 0.4) is 0 Å². The maximum atomic E-state index is 12.9. The molecule has 2 aromatic carbocycles. The molecule has 1 aliphatic rings. The molecule has 1 saturated heterocycles. The Kier molecular flexibility index (Phi) is 5.67. The van der Waals surface area contributed by atoms with E-state index in [1.54, 1.807) is 18.2 Å². The molecule has 144 valence electrons. The van der Waals surface area contributed by atoms with Gasteiger partial charge in [-0.05, 0) is 43.2 Å². The Morgan fingerprint density at radius 2 is 1.63 bits per heavy atom. The van der Waals surface area contributed by atoms with Crippen LogP contribution in [0.1, 0.15) is 31.2 Å². The van der Waals surface area contributed by atoms with Crippen LogP contribution in [0.25, 0.3) is 0 Å². The number of hydrogen-bond acceptors (Lipinski definition) is 6. The molecule has 0 aromatic heterocycles. The van der Waals surface area contributed by atoms with Crippen LogP contribution in [0.5, 0.6) is 17.2 Å². The van der Waals surface area contributed by atoms with E-state index in [9.17, 15) is 23.7 Å². The van der Waals surface area contributed by atoms with Crippen LogP contribution in [-0.4, -0.2) is 47.3 Å². The van der Waals surface area contributed by atoms with Crippen LogP contribution in [0.15, 0.2) is 46.3 Å². The lowest BCUT2D eigenvalue weighted by molar-refractivity contribution is 0.367. The van der Waals surface area contributed by atoms with Gasteiger partial charge in [0.2, 0.25) is 15.8 Å². The van der Waals surface area contributed by atoms with E-state index in [-0.39, 0.29) is 10.5 Å². The number of aliphatic imine (C=N–C) groups is 1. The molecule has 0 saturated carbocycles. The van der Waals surface area contributed by atoms with Crippen LogP contribution in [0.2, 0.25) is 0 Å². The summed E-state index contributed by atoms with van der Waals surface area (Å²) < 4.78 is 27.3. The van der Waals surface area contributed by atoms with Crippen molar-refractivity contribution in [3.05, 3.63) is 42.0 Å². The van der Waals surface area contributed by atoms with Gasteiger partial charge in [0.1, 0.15) is 0 Å². The van der Waals surface area contributed by atoms with E-state index in [4.69, 9.17) is 0 Å². The van der Waals surface area contributed by atoms with Crippen molar-refractivity contribution in [2.24, 2.45) is 4.99 Å². The predicted octanol–water partition coefficient (Wildman–Crippen LogP) is 3.12. The Morgan fingerprint density at radius 1 is 0.926 bits per heavy atom. The second-order valence-corrected chi connectivity index (χ2v) is 8.38. The molecular formula is C19H22N2O5S. The number of phenols is 3. The summed E-state index contributed by atoms with van der Waals surface area (Å²) in [5, 5.41) is 28.7. The van der Waals surface area contributed by atoms with Crippen LogP contribution < -0.4 is 0 Å². The average Bonchev–Trinajstić information content (AvgIpc) is 2.96. The zero-order valence-electron chi connectivity index (χ0n) is 14.7. The standard InChI is InChI=1S/C19H22N2O5S/c22-17-9-8-14(18(23)19(17)24)13-20-15-6-5-7-16(12-15)27(25,26)21-10-3-1-2-4-11-21/h5-9,12-13,22-24H,1-4,10-11H2. The van der Waals surface area contributed by atoms with Crippen LogP contribution in [-0.2, 0) is 10.0 Å². The van der Waals surface area contributed by atoms with Gasteiger partial charge in [-0.3, -0.25) is 4.99 Å². The molecule has 3 rings (SSSR count). The minimum absolute atomic E-state index is 0.178. The van der Waals surface area contributed by atoms with E-state index in [2.05, 4.69) is 4.99 Å². The number of nitrogens with zero attached hydrogens (tertiary/aromatic N) is 2. The SMILES string of the molecule is O=S(=O)(c1cccc(N=Cc2ccc(O)c(O)c2O)c1)N1CCCCCC1. The van der Waals surface area contributed by atoms with Crippen LogP contribution in [0, 0.1) is 0 Å². The third kappa shape index (κ3) is 4.23. The summed E-state index contributed by atoms with van der Waals surface area (Å²) in [5.41, 5.74) is 0.601. The van der Waals surface area contributed by atoms with Crippen molar-refractivity contribution < 1.29 is 23.7 Å². The second kappa shape index (κ2) is 7.98. The number of aromatic hydroxyl groups is 3. The van der Waals surface area contributed by atoms with Crippen molar-refractivity contribution in [1.82, 2.24) is 4.31 Å². The van der Waals surface area contributed by atoms with Crippen molar-refractivity contribution in [3.8, 4) is 17.2 Å². The maximum absolute atomic E-state index is 12.9. The first-order chi connectivity index (χ1) is 12.9. The second-order valence-electron chi connectivity index (χ2n) is 6.44. The molecule has 0 spiro atoms. The fourth-order valence-electron chi connectivity index (χ4n) is 2.99. The average molecular weight is 390 g/mol.